The number of nitrogens with one attached hydrogen (secondary N) is 2. The molecular formula is C19H21FN2O3. The lowest BCUT2D eigenvalue weighted by molar-refractivity contribution is -0.121. The first-order valence-corrected chi connectivity index (χ1v) is 8.05. The van der Waals surface area contributed by atoms with Gasteiger partial charge < -0.3 is 15.4 Å². The van der Waals surface area contributed by atoms with Crippen LogP contribution in [-0.2, 0) is 11.3 Å². The molecule has 0 saturated heterocycles. The van der Waals surface area contributed by atoms with Gasteiger partial charge in [0.1, 0.15) is 0 Å². The molecular weight excluding hydrogens is 323 g/mol. The van der Waals surface area contributed by atoms with E-state index in [1.165, 1.54) is 6.07 Å². The number of halogens is 1. The summed E-state index contributed by atoms with van der Waals surface area (Å²) in [4.78, 5) is 23.4. The molecule has 6 heteroatoms. The van der Waals surface area contributed by atoms with Gasteiger partial charge in [-0.25, -0.2) is 4.39 Å². The SMILES string of the molecule is CNC(=O)c1cccc(CNC(=O)CCCOc2ccccc2F)c1. The second-order valence-corrected chi connectivity index (χ2v) is 5.44. The lowest BCUT2D eigenvalue weighted by Crippen LogP contribution is -2.23. The average molecular weight is 344 g/mol. The Morgan fingerprint density at radius 3 is 2.68 bits per heavy atom. The molecule has 0 atom stereocenters. The summed E-state index contributed by atoms with van der Waals surface area (Å²) in [5, 5.41) is 5.35. The van der Waals surface area contributed by atoms with Crippen molar-refractivity contribution >= 4 is 11.8 Å². The van der Waals surface area contributed by atoms with Crippen molar-refractivity contribution in [3.63, 3.8) is 0 Å². The van der Waals surface area contributed by atoms with Crippen molar-refractivity contribution < 1.29 is 18.7 Å². The maximum atomic E-state index is 13.4. The van der Waals surface area contributed by atoms with Crippen LogP contribution in [0.5, 0.6) is 5.75 Å². The minimum absolute atomic E-state index is 0.123. The number of benzene rings is 2. The fourth-order valence-electron chi connectivity index (χ4n) is 2.23. The molecule has 5 nitrogen and oxygen atoms in total. The first-order valence-electron chi connectivity index (χ1n) is 8.05. The summed E-state index contributed by atoms with van der Waals surface area (Å²) in [6.45, 7) is 0.609. The number of carbonyl (C=O) groups excluding carboxylic acids is 2. The molecule has 0 aliphatic carbocycles. The van der Waals surface area contributed by atoms with Gasteiger partial charge in [-0.3, -0.25) is 9.59 Å². The third-order valence-corrected chi connectivity index (χ3v) is 3.55. The van der Waals surface area contributed by atoms with Crippen molar-refractivity contribution in [3.8, 4) is 5.75 Å². The number of amides is 2. The Labute approximate surface area is 146 Å². The van der Waals surface area contributed by atoms with Crippen LogP contribution in [0.4, 0.5) is 4.39 Å². The summed E-state index contributed by atoms with van der Waals surface area (Å²) >= 11 is 0. The van der Waals surface area contributed by atoms with Gasteiger partial charge in [0.15, 0.2) is 11.6 Å². The average Bonchev–Trinajstić information content (AvgIpc) is 2.64. The predicted octanol–water partition coefficient (Wildman–Crippen LogP) is 2.66. The van der Waals surface area contributed by atoms with Crippen LogP contribution in [0.1, 0.15) is 28.8 Å². The van der Waals surface area contributed by atoms with Crippen molar-refractivity contribution in [2.75, 3.05) is 13.7 Å². The summed E-state index contributed by atoms with van der Waals surface area (Å²) in [6, 6.07) is 13.2. The van der Waals surface area contributed by atoms with Gasteiger partial charge in [0.2, 0.25) is 5.91 Å². The minimum atomic E-state index is -0.414. The van der Waals surface area contributed by atoms with E-state index in [-0.39, 0.29) is 30.6 Å². The molecule has 0 saturated carbocycles. The van der Waals surface area contributed by atoms with Gasteiger partial charge in [0.25, 0.3) is 5.91 Å². The Morgan fingerprint density at radius 1 is 1.12 bits per heavy atom. The highest BCUT2D eigenvalue weighted by Crippen LogP contribution is 2.15. The number of rotatable bonds is 8. The topological polar surface area (TPSA) is 67.4 Å². The fraction of sp³-hybridized carbons (Fsp3) is 0.263. The lowest BCUT2D eigenvalue weighted by Gasteiger charge is -2.08. The lowest BCUT2D eigenvalue weighted by atomic mass is 10.1. The highest BCUT2D eigenvalue weighted by molar-refractivity contribution is 5.94. The third kappa shape index (κ3) is 5.91. The number of ether oxygens (including phenoxy) is 1. The van der Waals surface area contributed by atoms with E-state index in [4.69, 9.17) is 4.74 Å². The quantitative estimate of drug-likeness (QED) is 0.724. The molecule has 132 valence electrons. The van der Waals surface area contributed by atoms with E-state index in [1.54, 1.807) is 43.4 Å². The Balaban J connectivity index is 1.70. The monoisotopic (exact) mass is 344 g/mol. The Kier molecular flexibility index (Phi) is 6.95. The smallest absolute Gasteiger partial charge is 0.251 e. The molecule has 0 unspecified atom stereocenters. The van der Waals surface area contributed by atoms with Gasteiger partial charge in [-0.15, -0.1) is 0 Å². The molecule has 2 aromatic rings. The zero-order chi connectivity index (χ0) is 18.1. The van der Waals surface area contributed by atoms with Crippen LogP contribution in [0.15, 0.2) is 48.5 Å². The minimum Gasteiger partial charge on any atom is -0.491 e. The zero-order valence-corrected chi connectivity index (χ0v) is 14.0. The molecule has 0 heterocycles. The molecule has 0 spiro atoms. The van der Waals surface area contributed by atoms with Crippen molar-refractivity contribution in [3.05, 3.63) is 65.5 Å². The van der Waals surface area contributed by atoms with Crippen molar-refractivity contribution in [1.82, 2.24) is 10.6 Å². The van der Waals surface area contributed by atoms with Crippen molar-refractivity contribution in [2.45, 2.75) is 19.4 Å². The van der Waals surface area contributed by atoms with Gasteiger partial charge in [0.05, 0.1) is 6.61 Å². The van der Waals surface area contributed by atoms with Gasteiger partial charge >= 0.3 is 0 Å². The number of carbonyl (C=O) groups is 2. The summed E-state index contributed by atoms with van der Waals surface area (Å²) in [5.74, 6) is -0.516. The van der Waals surface area contributed by atoms with Crippen molar-refractivity contribution in [1.29, 1.82) is 0 Å². The summed E-state index contributed by atoms with van der Waals surface area (Å²) in [7, 11) is 1.57. The van der Waals surface area contributed by atoms with Crippen LogP contribution in [0, 0.1) is 5.82 Å². The summed E-state index contributed by atoms with van der Waals surface area (Å²) in [5.41, 5.74) is 1.39. The normalized spacial score (nSPS) is 10.2. The molecule has 0 radical (unpaired) electrons. The first kappa shape index (κ1) is 18.4. The van der Waals surface area contributed by atoms with E-state index in [0.717, 1.165) is 5.56 Å². The van der Waals surface area contributed by atoms with E-state index in [1.807, 2.05) is 6.07 Å². The van der Waals surface area contributed by atoms with Crippen LogP contribution in [0.25, 0.3) is 0 Å². The standard InChI is InChI=1S/C19H21FN2O3/c1-21-19(24)15-7-4-6-14(12-15)13-22-18(23)10-5-11-25-17-9-3-2-8-16(17)20/h2-4,6-9,12H,5,10-11,13H2,1H3,(H,21,24)(H,22,23). The molecule has 2 amide bonds. The molecule has 0 aliphatic heterocycles. The molecule has 2 aromatic carbocycles. The fourth-order valence-corrected chi connectivity index (χ4v) is 2.23. The Morgan fingerprint density at radius 2 is 1.92 bits per heavy atom. The van der Waals surface area contributed by atoms with E-state index >= 15 is 0 Å². The van der Waals surface area contributed by atoms with E-state index in [9.17, 15) is 14.0 Å². The molecule has 2 N–H and O–H groups in total. The van der Waals surface area contributed by atoms with Crippen LogP contribution in [0.2, 0.25) is 0 Å². The first-order chi connectivity index (χ1) is 12.1. The Bertz CT molecular complexity index is 734. The predicted molar refractivity (Wildman–Crippen MR) is 92.8 cm³/mol. The highest BCUT2D eigenvalue weighted by atomic mass is 19.1. The zero-order valence-electron chi connectivity index (χ0n) is 14.0. The number of hydrogen-bond acceptors (Lipinski definition) is 3. The second-order valence-electron chi connectivity index (χ2n) is 5.44. The number of hydrogen-bond donors (Lipinski definition) is 2. The third-order valence-electron chi connectivity index (χ3n) is 3.55. The molecule has 0 bridgehead atoms. The van der Waals surface area contributed by atoms with E-state index < -0.39 is 5.82 Å². The molecule has 0 aromatic heterocycles. The maximum absolute atomic E-state index is 13.4. The summed E-state index contributed by atoms with van der Waals surface area (Å²) < 4.78 is 18.7. The van der Waals surface area contributed by atoms with E-state index in [0.29, 0.717) is 18.5 Å². The molecule has 0 fully saturated rings. The molecule has 2 rings (SSSR count). The van der Waals surface area contributed by atoms with Crippen LogP contribution < -0.4 is 15.4 Å². The maximum Gasteiger partial charge on any atom is 0.251 e. The summed E-state index contributed by atoms with van der Waals surface area (Å²) in [6.07, 6.45) is 0.766. The van der Waals surface area contributed by atoms with Gasteiger partial charge in [0, 0.05) is 25.6 Å². The van der Waals surface area contributed by atoms with Gasteiger partial charge in [-0.05, 0) is 36.2 Å². The van der Waals surface area contributed by atoms with Gasteiger partial charge in [-0.2, -0.15) is 0 Å². The van der Waals surface area contributed by atoms with Crippen molar-refractivity contribution in [2.24, 2.45) is 0 Å². The van der Waals surface area contributed by atoms with Gasteiger partial charge in [-0.1, -0.05) is 24.3 Å². The van der Waals surface area contributed by atoms with Crippen LogP contribution in [0.3, 0.4) is 0 Å². The van der Waals surface area contributed by atoms with E-state index in [2.05, 4.69) is 10.6 Å². The molecule has 0 aliphatic rings. The second kappa shape index (κ2) is 9.42. The Hall–Kier alpha value is -2.89. The highest BCUT2D eigenvalue weighted by Gasteiger charge is 2.06. The largest absolute Gasteiger partial charge is 0.491 e. The molecule has 25 heavy (non-hydrogen) atoms. The van der Waals surface area contributed by atoms with Crippen LogP contribution in [-0.4, -0.2) is 25.5 Å². The van der Waals surface area contributed by atoms with Crippen LogP contribution >= 0.6 is 0 Å². The number of para-hydroxylation sites is 1.